The molecule has 6 nitrogen and oxygen atoms in total. The van der Waals surface area contributed by atoms with Gasteiger partial charge < -0.3 is 5.73 Å². The minimum absolute atomic E-state index is 0.0938. The van der Waals surface area contributed by atoms with E-state index >= 15 is 0 Å². The predicted molar refractivity (Wildman–Crippen MR) is 60.2 cm³/mol. The van der Waals surface area contributed by atoms with Crippen molar-refractivity contribution < 1.29 is 4.92 Å². The van der Waals surface area contributed by atoms with Crippen molar-refractivity contribution in [2.45, 2.75) is 6.42 Å². The number of rotatable bonds is 3. The Labute approximate surface area is 94.9 Å². The molecule has 1 heterocycles. The number of nitro benzene ring substituents is 1. The summed E-state index contributed by atoms with van der Waals surface area (Å²) in [5, 5.41) is 19.3. The number of nitrogens with zero attached hydrogens (tertiary/aromatic N) is 3. The van der Waals surface area contributed by atoms with Gasteiger partial charge in [-0.3, -0.25) is 10.1 Å². The van der Waals surface area contributed by atoms with Crippen LogP contribution in [0.3, 0.4) is 0 Å². The van der Waals surface area contributed by atoms with E-state index in [1.165, 1.54) is 17.4 Å². The molecule has 1 aromatic carbocycles. The Balaban J connectivity index is 2.31. The number of para-hydroxylation sites is 1. The highest BCUT2D eigenvalue weighted by molar-refractivity contribution is 7.15. The van der Waals surface area contributed by atoms with E-state index in [-0.39, 0.29) is 5.69 Å². The Hall–Kier alpha value is -2.02. The SMILES string of the molecule is Nc1nnc(Cc2ccccc2[N+](=O)[O-])s1. The lowest BCUT2D eigenvalue weighted by molar-refractivity contribution is -0.385. The predicted octanol–water partition coefficient (Wildman–Crippen LogP) is 1.62. The van der Waals surface area contributed by atoms with Gasteiger partial charge in [0, 0.05) is 18.1 Å². The molecule has 82 valence electrons. The molecule has 2 aromatic rings. The minimum atomic E-state index is -0.403. The van der Waals surface area contributed by atoms with Crippen molar-refractivity contribution in [1.29, 1.82) is 0 Å². The van der Waals surface area contributed by atoms with Gasteiger partial charge in [0.1, 0.15) is 5.01 Å². The normalized spacial score (nSPS) is 10.2. The molecule has 0 aliphatic heterocycles. The summed E-state index contributed by atoms with van der Waals surface area (Å²) in [5.74, 6) is 0. The number of nitro groups is 1. The van der Waals surface area contributed by atoms with Gasteiger partial charge in [0.2, 0.25) is 5.13 Å². The third-order valence-corrected chi connectivity index (χ3v) is 2.76. The number of hydrogen-bond acceptors (Lipinski definition) is 6. The van der Waals surface area contributed by atoms with E-state index in [4.69, 9.17) is 5.73 Å². The molecular weight excluding hydrogens is 228 g/mol. The Morgan fingerprint density at radius 2 is 2.12 bits per heavy atom. The van der Waals surface area contributed by atoms with Gasteiger partial charge in [0.15, 0.2) is 0 Å². The number of nitrogens with two attached hydrogens (primary N) is 1. The van der Waals surface area contributed by atoms with E-state index in [1.807, 2.05) is 0 Å². The van der Waals surface area contributed by atoms with Gasteiger partial charge in [-0.05, 0) is 0 Å². The number of aromatic nitrogens is 2. The second kappa shape index (κ2) is 4.23. The monoisotopic (exact) mass is 236 g/mol. The molecule has 7 heteroatoms. The van der Waals surface area contributed by atoms with Crippen LogP contribution in [0.5, 0.6) is 0 Å². The first-order valence-corrected chi connectivity index (χ1v) is 5.28. The maximum Gasteiger partial charge on any atom is 0.273 e. The van der Waals surface area contributed by atoms with E-state index in [1.54, 1.807) is 18.2 Å². The fraction of sp³-hybridized carbons (Fsp3) is 0.111. The highest BCUT2D eigenvalue weighted by Crippen LogP contribution is 2.22. The average Bonchev–Trinajstić information content (AvgIpc) is 2.64. The zero-order valence-corrected chi connectivity index (χ0v) is 8.98. The van der Waals surface area contributed by atoms with E-state index in [0.29, 0.717) is 22.1 Å². The second-order valence-corrected chi connectivity index (χ2v) is 4.19. The largest absolute Gasteiger partial charge is 0.374 e. The quantitative estimate of drug-likeness (QED) is 0.645. The van der Waals surface area contributed by atoms with Gasteiger partial charge in [-0.15, -0.1) is 10.2 Å². The van der Waals surface area contributed by atoms with E-state index < -0.39 is 4.92 Å². The molecule has 0 atom stereocenters. The van der Waals surface area contributed by atoms with Crippen LogP contribution in [-0.2, 0) is 6.42 Å². The molecule has 0 saturated heterocycles. The third-order valence-electron chi connectivity index (χ3n) is 2.01. The number of hydrogen-bond donors (Lipinski definition) is 1. The fourth-order valence-corrected chi connectivity index (χ4v) is 1.97. The smallest absolute Gasteiger partial charge is 0.273 e. The summed E-state index contributed by atoms with van der Waals surface area (Å²) in [6.45, 7) is 0. The van der Waals surface area contributed by atoms with Crippen LogP contribution in [0.15, 0.2) is 24.3 Å². The molecule has 0 bridgehead atoms. The highest BCUT2D eigenvalue weighted by Gasteiger charge is 2.14. The summed E-state index contributed by atoms with van der Waals surface area (Å²) in [7, 11) is 0. The lowest BCUT2D eigenvalue weighted by atomic mass is 10.1. The topological polar surface area (TPSA) is 94.9 Å². The Kier molecular flexibility index (Phi) is 2.78. The Morgan fingerprint density at radius 3 is 2.75 bits per heavy atom. The van der Waals surface area contributed by atoms with Crippen LogP contribution in [0, 0.1) is 10.1 Å². The molecule has 0 unspecified atom stereocenters. The van der Waals surface area contributed by atoms with Crippen molar-refractivity contribution in [3.05, 3.63) is 45.0 Å². The summed E-state index contributed by atoms with van der Waals surface area (Å²) in [6, 6.07) is 6.57. The zero-order valence-electron chi connectivity index (χ0n) is 8.16. The Bertz CT molecular complexity index is 526. The van der Waals surface area contributed by atoms with Crippen LogP contribution in [-0.4, -0.2) is 15.1 Å². The van der Waals surface area contributed by atoms with Gasteiger partial charge in [-0.25, -0.2) is 0 Å². The Morgan fingerprint density at radius 1 is 1.38 bits per heavy atom. The van der Waals surface area contributed by atoms with Crippen LogP contribution >= 0.6 is 11.3 Å². The number of nitrogen functional groups attached to an aromatic ring is 1. The maximum absolute atomic E-state index is 10.8. The molecule has 0 saturated carbocycles. The third kappa shape index (κ3) is 2.14. The second-order valence-electron chi connectivity index (χ2n) is 3.10. The van der Waals surface area contributed by atoms with Crippen LogP contribution in [0.25, 0.3) is 0 Å². The van der Waals surface area contributed by atoms with Gasteiger partial charge in [-0.2, -0.15) is 0 Å². The molecule has 0 fully saturated rings. The summed E-state index contributed by atoms with van der Waals surface area (Å²) in [4.78, 5) is 10.4. The molecule has 2 N–H and O–H groups in total. The molecule has 16 heavy (non-hydrogen) atoms. The van der Waals surface area contributed by atoms with Gasteiger partial charge in [0.25, 0.3) is 5.69 Å². The summed E-state index contributed by atoms with van der Waals surface area (Å²) in [6.07, 6.45) is 0.381. The minimum Gasteiger partial charge on any atom is -0.374 e. The molecule has 0 spiro atoms. The molecule has 0 aliphatic carbocycles. The molecule has 0 radical (unpaired) electrons. The standard InChI is InChI=1S/C9H8N4O2S/c10-9-12-11-8(16-9)5-6-3-1-2-4-7(6)13(14)15/h1-4H,5H2,(H2,10,12). The zero-order chi connectivity index (χ0) is 11.5. The highest BCUT2D eigenvalue weighted by atomic mass is 32.1. The lowest BCUT2D eigenvalue weighted by Crippen LogP contribution is -1.96. The van der Waals surface area contributed by atoms with Crippen molar-refractivity contribution in [1.82, 2.24) is 10.2 Å². The fourth-order valence-electron chi connectivity index (χ4n) is 1.34. The maximum atomic E-state index is 10.8. The van der Waals surface area contributed by atoms with Gasteiger partial charge >= 0.3 is 0 Å². The van der Waals surface area contributed by atoms with Gasteiger partial charge in [0.05, 0.1) is 4.92 Å². The molecule has 0 aliphatic rings. The van der Waals surface area contributed by atoms with Crippen molar-refractivity contribution in [3.8, 4) is 0 Å². The summed E-state index contributed by atoms with van der Waals surface area (Å²) < 4.78 is 0. The number of anilines is 1. The van der Waals surface area contributed by atoms with Gasteiger partial charge in [-0.1, -0.05) is 29.5 Å². The van der Waals surface area contributed by atoms with Crippen molar-refractivity contribution >= 4 is 22.2 Å². The molecular formula is C9H8N4O2S. The van der Waals surface area contributed by atoms with Crippen molar-refractivity contribution in [3.63, 3.8) is 0 Å². The van der Waals surface area contributed by atoms with Crippen LogP contribution in [0.4, 0.5) is 10.8 Å². The van der Waals surface area contributed by atoms with Crippen LogP contribution in [0.1, 0.15) is 10.6 Å². The first-order valence-electron chi connectivity index (χ1n) is 4.47. The summed E-state index contributed by atoms with van der Waals surface area (Å²) >= 11 is 1.24. The molecule has 1 aromatic heterocycles. The molecule has 0 amide bonds. The first-order chi connectivity index (χ1) is 7.66. The van der Waals surface area contributed by atoms with Crippen molar-refractivity contribution in [2.24, 2.45) is 0 Å². The van der Waals surface area contributed by atoms with Crippen LogP contribution in [0.2, 0.25) is 0 Å². The van der Waals surface area contributed by atoms with E-state index in [9.17, 15) is 10.1 Å². The lowest BCUT2D eigenvalue weighted by Gasteiger charge is -1.98. The number of benzene rings is 1. The first kappa shape index (κ1) is 10.5. The van der Waals surface area contributed by atoms with Crippen LogP contribution < -0.4 is 5.73 Å². The van der Waals surface area contributed by atoms with Crippen molar-refractivity contribution in [2.75, 3.05) is 5.73 Å². The molecule has 2 rings (SSSR count). The van der Waals surface area contributed by atoms with E-state index in [0.717, 1.165) is 0 Å². The summed E-state index contributed by atoms with van der Waals surface area (Å²) in [5.41, 5.74) is 6.15. The average molecular weight is 236 g/mol. The van der Waals surface area contributed by atoms with E-state index in [2.05, 4.69) is 10.2 Å².